The van der Waals surface area contributed by atoms with Crippen LogP contribution in [0.4, 0.5) is 0 Å². The van der Waals surface area contributed by atoms with Gasteiger partial charge in [0.05, 0.1) is 7.95 Å². The zero-order chi connectivity index (χ0) is 4.99. The molecule has 0 fully saturated rings. The van der Waals surface area contributed by atoms with Crippen LogP contribution < -0.4 is 0 Å². The van der Waals surface area contributed by atoms with Crippen molar-refractivity contribution in [3.8, 4) is 0 Å². The maximum atomic E-state index is 9.79. The van der Waals surface area contributed by atoms with Gasteiger partial charge in [0.25, 0.3) is 0 Å². The summed E-state index contributed by atoms with van der Waals surface area (Å²) in [5, 5.41) is 9.79. The van der Waals surface area contributed by atoms with Gasteiger partial charge >= 0.3 is 0 Å². The first-order valence-corrected chi connectivity index (χ1v) is 1.85. The lowest BCUT2D eigenvalue weighted by molar-refractivity contribution is 0.188. The fourth-order valence-corrected chi connectivity index (χ4v) is 0.118. The molecule has 0 heterocycles. The topological polar surface area (TPSA) is 19.9 Å². The molecule has 0 spiro atoms. The van der Waals surface area contributed by atoms with E-state index in [0.29, 0.717) is 6.42 Å². The third-order valence-electron chi connectivity index (χ3n) is 0.407. The van der Waals surface area contributed by atoms with E-state index < -0.39 is 6.58 Å². The number of rotatable bonds is 2. The Morgan fingerprint density at radius 3 is 2.60 bits per heavy atom. The van der Waals surface area contributed by atoms with Crippen molar-refractivity contribution >= 4 is 0 Å². The largest absolute Gasteiger partial charge is 0.237 e. The molecule has 0 N–H and O–H groups in total. The lowest BCUT2D eigenvalue weighted by atomic mass is 10.4. The van der Waals surface area contributed by atoms with E-state index in [1.165, 1.54) is 0 Å². The SMILES string of the molecule is [3H]C([O])CCC. The van der Waals surface area contributed by atoms with Gasteiger partial charge in [-0.1, -0.05) is 13.3 Å². The molecular weight excluding hydrogens is 64.0 g/mol. The van der Waals surface area contributed by atoms with Gasteiger partial charge in [-0.05, 0) is 6.42 Å². The Bertz CT molecular complexity index is 28.7. The van der Waals surface area contributed by atoms with Gasteiger partial charge in [-0.25, -0.2) is 5.11 Å². The van der Waals surface area contributed by atoms with Crippen molar-refractivity contribution in [3.05, 3.63) is 0 Å². The molecule has 0 bridgehead atoms. The standard InChI is InChI=1S/C4H9O/c1-2-3-4-5/h2-4H2,1H3/i4T. The van der Waals surface area contributed by atoms with Crippen LogP contribution in [0.25, 0.3) is 0 Å². The van der Waals surface area contributed by atoms with Crippen molar-refractivity contribution in [3.63, 3.8) is 0 Å². The number of hydrogen-bond acceptors (Lipinski definition) is 0. The molecule has 0 saturated heterocycles. The van der Waals surface area contributed by atoms with Gasteiger partial charge < -0.3 is 0 Å². The first kappa shape index (κ1) is 3.16. The molecule has 1 unspecified atom stereocenters. The highest BCUT2D eigenvalue weighted by atomic mass is 16.2. The highest BCUT2D eigenvalue weighted by Gasteiger charge is 1.71. The molecule has 0 aromatic heterocycles. The van der Waals surface area contributed by atoms with Crippen molar-refractivity contribution in [1.29, 1.82) is 0 Å². The second-order valence-electron chi connectivity index (χ2n) is 0.955. The van der Waals surface area contributed by atoms with E-state index in [-0.39, 0.29) is 0 Å². The van der Waals surface area contributed by atoms with Crippen molar-refractivity contribution < 1.29 is 6.48 Å². The number of hydrogen-bond donors (Lipinski definition) is 0. The molecule has 1 radical (unpaired) electrons. The molecule has 31 valence electrons. The summed E-state index contributed by atoms with van der Waals surface area (Å²) in [5.74, 6) is 0. The van der Waals surface area contributed by atoms with Crippen molar-refractivity contribution in [2.45, 2.75) is 19.8 Å². The van der Waals surface area contributed by atoms with Crippen LogP contribution in [0.2, 0.25) is 0 Å². The molecule has 1 atom stereocenters. The van der Waals surface area contributed by atoms with Gasteiger partial charge in [0.15, 0.2) is 0 Å². The fraction of sp³-hybridized carbons (Fsp3) is 1.00. The molecule has 0 aliphatic heterocycles. The molecule has 0 aliphatic rings. The second kappa shape index (κ2) is 3.96. The monoisotopic (exact) mass is 75.1 g/mol. The highest BCUT2D eigenvalue weighted by Crippen LogP contribution is 1.79. The zero-order valence-corrected chi connectivity index (χ0v) is 3.40. The molecule has 0 rings (SSSR count). The van der Waals surface area contributed by atoms with Gasteiger partial charge in [0.1, 0.15) is 0 Å². The molecule has 5 heavy (non-hydrogen) atoms. The maximum Gasteiger partial charge on any atom is 0.0822 e. The normalized spacial score (nSPS) is 17.6. The Labute approximate surface area is 34.0 Å². The third-order valence-corrected chi connectivity index (χ3v) is 0.407. The average Bonchev–Trinajstić information content (AvgIpc) is 1.35. The summed E-state index contributed by atoms with van der Waals surface area (Å²) in [4.78, 5) is 0. The van der Waals surface area contributed by atoms with Crippen LogP contribution in [0.5, 0.6) is 0 Å². The van der Waals surface area contributed by atoms with Crippen LogP contribution in [-0.4, -0.2) is 6.58 Å². The van der Waals surface area contributed by atoms with Crippen molar-refractivity contribution in [1.82, 2.24) is 0 Å². The Morgan fingerprint density at radius 1 is 2.00 bits per heavy atom. The summed E-state index contributed by atoms with van der Waals surface area (Å²) >= 11 is 0. The lowest BCUT2D eigenvalue weighted by Crippen LogP contribution is -1.72. The molecule has 0 aromatic rings. The minimum Gasteiger partial charge on any atom is -0.237 e. The van der Waals surface area contributed by atoms with Gasteiger partial charge in [0, 0.05) is 0 Å². The van der Waals surface area contributed by atoms with E-state index in [9.17, 15) is 5.11 Å². The van der Waals surface area contributed by atoms with Crippen LogP contribution in [0.15, 0.2) is 0 Å². The lowest BCUT2D eigenvalue weighted by Gasteiger charge is -1.76. The van der Waals surface area contributed by atoms with E-state index in [2.05, 4.69) is 0 Å². The minimum atomic E-state index is -1.10. The first-order chi connectivity index (χ1) is 2.77. The minimum absolute atomic E-state index is 0.486. The predicted molar refractivity (Wildman–Crippen MR) is 20.5 cm³/mol. The fourth-order valence-electron chi connectivity index (χ4n) is 0.118. The summed E-state index contributed by atoms with van der Waals surface area (Å²) in [6, 6.07) is 0. The summed E-state index contributed by atoms with van der Waals surface area (Å²) < 4.78 is 6.42. The summed E-state index contributed by atoms with van der Waals surface area (Å²) in [5.41, 5.74) is 0. The van der Waals surface area contributed by atoms with Crippen molar-refractivity contribution in [2.24, 2.45) is 0 Å². The van der Waals surface area contributed by atoms with E-state index in [1.807, 2.05) is 6.92 Å². The Balaban J connectivity index is 2.63. The average molecular weight is 75.1 g/mol. The Kier molecular flexibility index (Phi) is 2.50. The van der Waals surface area contributed by atoms with Gasteiger partial charge in [-0.15, -0.1) is 0 Å². The van der Waals surface area contributed by atoms with Crippen LogP contribution in [0.1, 0.15) is 21.1 Å². The quantitative estimate of drug-likeness (QED) is 0.470. The molecule has 0 aromatic carbocycles. The predicted octanol–water partition coefficient (Wildman–Crippen LogP) is 1.22. The molecule has 0 aliphatic carbocycles. The van der Waals surface area contributed by atoms with Gasteiger partial charge in [-0.2, -0.15) is 0 Å². The molecule has 1 heteroatoms. The zero-order valence-electron chi connectivity index (χ0n) is 4.40. The summed E-state index contributed by atoms with van der Waals surface area (Å²) in [6.45, 7) is 0.800. The highest BCUT2D eigenvalue weighted by molar-refractivity contribution is 4.22. The molecule has 0 amide bonds. The van der Waals surface area contributed by atoms with Gasteiger partial charge in [-0.3, -0.25) is 0 Å². The Hall–Kier alpha value is -0.0400. The van der Waals surface area contributed by atoms with Crippen molar-refractivity contribution in [2.75, 3.05) is 6.58 Å². The van der Waals surface area contributed by atoms with Gasteiger partial charge in [0.2, 0.25) is 0 Å². The maximum absolute atomic E-state index is 9.79. The van der Waals surface area contributed by atoms with Crippen LogP contribution >= 0.6 is 0 Å². The van der Waals surface area contributed by atoms with E-state index in [4.69, 9.17) is 1.37 Å². The van der Waals surface area contributed by atoms with Crippen LogP contribution in [0.3, 0.4) is 0 Å². The molecule has 0 saturated carbocycles. The molecule has 1 nitrogen and oxygen atoms in total. The van der Waals surface area contributed by atoms with Crippen LogP contribution in [-0.2, 0) is 5.11 Å². The Morgan fingerprint density at radius 2 is 2.60 bits per heavy atom. The smallest absolute Gasteiger partial charge is 0.0822 e. The van der Waals surface area contributed by atoms with E-state index in [0.717, 1.165) is 6.42 Å². The third kappa shape index (κ3) is 3.96. The van der Waals surface area contributed by atoms with E-state index >= 15 is 0 Å². The van der Waals surface area contributed by atoms with Crippen LogP contribution in [0, 0.1) is 0 Å². The first-order valence-electron chi connectivity index (χ1n) is 2.43. The second-order valence-corrected chi connectivity index (χ2v) is 0.955. The summed E-state index contributed by atoms with van der Waals surface area (Å²) in [7, 11) is 0. The molecular formula is C4H9O. The van der Waals surface area contributed by atoms with E-state index in [1.54, 1.807) is 0 Å². The summed E-state index contributed by atoms with van der Waals surface area (Å²) in [6.07, 6.45) is 1.32.